The summed E-state index contributed by atoms with van der Waals surface area (Å²) in [5, 5.41) is 5.29. The second-order valence-corrected chi connectivity index (χ2v) is 6.09. The molecule has 0 spiro atoms. The molecule has 26 heavy (non-hydrogen) atoms. The number of halogens is 1. The lowest BCUT2D eigenvalue weighted by Crippen LogP contribution is -2.30. The van der Waals surface area contributed by atoms with Crippen molar-refractivity contribution in [1.82, 2.24) is 5.32 Å². The predicted octanol–water partition coefficient (Wildman–Crippen LogP) is 3.30. The van der Waals surface area contributed by atoms with Crippen molar-refractivity contribution in [3.63, 3.8) is 0 Å². The van der Waals surface area contributed by atoms with Gasteiger partial charge in [-0.15, -0.1) is 0 Å². The first-order chi connectivity index (χ1) is 12.4. The molecule has 0 unspecified atom stereocenters. The minimum Gasteiger partial charge on any atom is -0.449 e. The van der Waals surface area contributed by atoms with Gasteiger partial charge in [-0.1, -0.05) is 25.4 Å². The molecular weight excluding hydrogens is 364 g/mol. The van der Waals surface area contributed by atoms with E-state index in [1.165, 1.54) is 18.2 Å². The summed E-state index contributed by atoms with van der Waals surface area (Å²) in [7, 11) is 1.58. The van der Waals surface area contributed by atoms with E-state index in [-0.39, 0.29) is 16.7 Å². The Labute approximate surface area is 158 Å². The lowest BCUT2D eigenvalue weighted by molar-refractivity contribution is 0.0719. The maximum absolute atomic E-state index is 11.7. The number of nitrogens with one attached hydrogen (secondary N) is 2. The maximum atomic E-state index is 11.7. The van der Waals surface area contributed by atoms with Gasteiger partial charge < -0.3 is 24.3 Å². The van der Waals surface area contributed by atoms with Crippen LogP contribution in [0, 0.1) is 5.92 Å². The van der Waals surface area contributed by atoms with Crippen molar-refractivity contribution in [2.45, 2.75) is 13.8 Å². The largest absolute Gasteiger partial charge is 0.449 e. The van der Waals surface area contributed by atoms with Gasteiger partial charge in [-0.3, -0.25) is 5.32 Å². The minimum absolute atomic E-state index is 0.222. The van der Waals surface area contributed by atoms with Crippen molar-refractivity contribution in [3.8, 4) is 5.75 Å². The molecule has 0 aromatic heterocycles. The molecule has 9 heteroatoms. The standard InChI is InChI=1S/C17H25ClN2O6/c1-12(2)11-25-17(22)20-15-5-4-13(10-14(15)18)26-16(21)19-6-7-24-9-8-23-3/h4-5,10,12H,6-9,11H2,1-3H3,(H,19,21)(H,20,22). The molecule has 1 aromatic carbocycles. The van der Waals surface area contributed by atoms with Crippen LogP contribution in [0.25, 0.3) is 0 Å². The van der Waals surface area contributed by atoms with E-state index in [9.17, 15) is 9.59 Å². The van der Waals surface area contributed by atoms with E-state index >= 15 is 0 Å². The molecule has 0 heterocycles. The summed E-state index contributed by atoms with van der Waals surface area (Å²) in [6.07, 6.45) is -1.23. The van der Waals surface area contributed by atoms with E-state index in [4.69, 9.17) is 30.5 Å². The Kier molecular flexibility index (Phi) is 10.5. The zero-order valence-electron chi connectivity index (χ0n) is 15.2. The van der Waals surface area contributed by atoms with Crippen molar-refractivity contribution >= 4 is 29.5 Å². The molecule has 0 fully saturated rings. The Bertz CT molecular complexity index is 582. The highest BCUT2D eigenvalue weighted by molar-refractivity contribution is 6.33. The fourth-order valence-corrected chi connectivity index (χ4v) is 1.88. The lowest BCUT2D eigenvalue weighted by Gasteiger charge is -2.11. The summed E-state index contributed by atoms with van der Waals surface area (Å²) in [5.74, 6) is 0.477. The van der Waals surface area contributed by atoms with Crippen LogP contribution in [0.2, 0.25) is 5.02 Å². The first-order valence-corrected chi connectivity index (χ1v) is 8.56. The van der Waals surface area contributed by atoms with Gasteiger partial charge in [-0.05, 0) is 18.1 Å². The van der Waals surface area contributed by atoms with Crippen LogP contribution in [0.3, 0.4) is 0 Å². The number of carbonyl (C=O) groups is 2. The fraction of sp³-hybridized carbons (Fsp3) is 0.529. The summed E-state index contributed by atoms with van der Waals surface area (Å²) >= 11 is 6.08. The smallest absolute Gasteiger partial charge is 0.412 e. The number of amides is 2. The average molecular weight is 389 g/mol. The zero-order chi connectivity index (χ0) is 19.4. The van der Waals surface area contributed by atoms with Crippen LogP contribution < -0.4 is 15.4 Å². The normalized spacial score (nSPS) is 10.5. The van der Waals surface area contributed by atoms with Gasteiger partial charge in [0.1, 0.15) is 5.75 Å². The second kappa shape index (κ2) is 12.3. The fourth-order valence-electron chi connectivity index (χ4n) is 1.66. The van der Waals surface area contributed by atoms with E-state index in [2.05, 4.69) is 10.6 Å². The quantitative estimate of drug-likeness (QED) is 0.597. The van der Waals surface area contributed by atoms with Crippen molar-refractivity contribution in [3.05, 3.63) is 23.2 Å². The number of hydrogen-bond donors (Lipinski definition) is 2. The van der Waals surface area contributed by atoms with Gasteiger partial charge in [0.2, 0.25) is 0 Å². The molecule has 0 saturated heterocycles. The van der Waals surface area contributed by atoms with Gasteiger partial charge in [0.25, 0.3) is 0 Å². The van der Waals surface area contributed by atoms with Crippen LogP contribution in [-0.2, 0) is 14.2 Å². The zero-order valence-corrected chi connectivity index (χ0v) is 15.9. The highest BCUT2D eigenvalue weighted by Crippen LogP contribution is 2.27. The topological polar surface area (TPSA) is 95.1 Å². The maximum Gasteiger partial charge on any atom is 0.412 e. The van der Waals surface area contributed by atoms with Crippen LogP contribution in [0.5, 0.6) is 5.75 Å². The third kappa shape index (κ3) is 9.45. The molecule has 0 bridgehead atoms. The van der Waals surface area contributed by atoms with Crippen molar-refractivity contribution < 1.29 is 28.5 Å². The van der Waals surface area contributed by atoms with Gasteiger partial charge in [-0.25, -0.2) is 9.59 Å². The number of methoxy groups -OCH3 is 1. The highest BCUT2D eigenvalue weighted by atomic mass is 35.5. The first kappa shape index (κ1) is 22.0. The third-order valence-electron chi connectivity index (χ3n) is 2.88. The molecule has 0 saturated carbocycles. The molecule has 146 valence electrons. The van der Waals surface area contributed by atoms with Gasteiger partial charge >= 0.3 is 12.2 Å². The summed E-state index contributed by atoms with van der Waals surface area (Å²) < 4.78 is 20.2. The Morgan fingerprint density at radius 2 is 1.92 bits per heavy atom. The van der Waals surface area contributed by atoms with E-state index in [1.807, 2.05) is 13.8 Å². The number of hydrogen-bond acceptors (Lipinski definition) is 6. The number of ether oxygens (including phenoxy) is 4. The number of anilines is 1. The van der Waals surface area contributed by atoms with Crippen LogP contribution >= 0.6 is 11.6 Å². The monoisotopic (exact) mass is 388 g/mol. The molecule has 2 N–H and O–H groups in total. The summed E-state index contributed by atoms with van der Waals surface area (Å²) in [5.41, 5.74) is 0.361. The van der Waals surface area contributed by atoms with Crippen molar-refractivity contribution in [2.24, 2.45) is 5.92 Å². The predicted molar refractivity (Wildman–Crippen MR) is 98.0 cm³/mol. The first-order valence-electron chi connectivity index (χ1n) is 8.18. The minimum atomic E-state index is -0.631. The van der Waals surface area contributed by atoms with Gasteiger partial charge in [0.05, 0.1) is 37.1 Å². The summed E-state index contributed by atoms with van der Waals surface area (Å²) in [6.45, 7) is 5.77. The Morgan fingerprint density at radius 3 is 2.58 bits per heavy atom. The van der Waals surface area contributed by atoms with Crippen LogP contribution in [0.4, 0.5) is 15.3 Å². The SMILES string of the molecule is COCCOCCNC(=O)Oc1ccc(NC(=O)OCC(C)C)c(Cl)c1. The highest BCUT2D eigenvalue weighted by Gasteiger charge is 2.10. The number of benzene rings is 1. The molecule has 0 aliphatic heterocycles. The van der Waals surface area contributed by atoms with E-state index in [0.29, 0.717) is 38.7 Å². The molecule has 0 atom stereocenters. The van der Waals surface area contributed by atoms with E-state index in [1.54, 1.807) is 7.11 Å². The average Bonchev–Trinajstić information content (AvgIpc) is 2.58. The molecule has 1 aromatic rings. The van der Waals surface area contributed by atoms with Gasteiger partial charge in [-0.2, -0.15) is 0 Å². The van der Waals surface area contributed by atoms with Crippen LogP contribution in [0.15, 0.2) is 18.2 Å². The second-order valence-electron chi connectivity index (χ2n) is 5.68. The van der Waals surface area contributed by atoms with E-state index < -0.39 is 12.2 Å². The Hall–Kier alpha value is -2.03. The molecule has 1 rings (SSSR count). The molecular formula is C17H25ClN2O6. The Morgan fingerprint density at radius 1 is 1.15 bits per heavy atom. The number of rotatable bonds is 10. The third-order valence-corrected chi connectivity index (χ3v) is 3.20. The lowest BCUT2D eigenvalue weighted by atomic mass is 10.2. The van der Waals surface area contributed by atoms with Crippen molar-refractivity contribution in [2.75, 3.05) is 45.4 Å². The van der Waals surface area contributed by atoms with Gasteiger partial charge in [0, 0.05) is 19.7 Å². The van der Waals surface area contributed by atoms with Crippen molar-refractivity contribution in [1.29, 1.82) is 0 Å². The van der Waals surface area contributed by atoms with Gasteiger partial charge in [0.15, 0.2) is 0 Å². The summed E-state index contributed by atoms with van der Waals surface area (Å²) in [6, 6.07) is 4.46. The Balaban J connectivity index is 2.39. The van der Waals surface area contributed by atoms with E-state index in [0.717, 1.165) is 0 Å². The van der Waals surface area contributed by atoms with Crippen LogP contribution in [-0.4, -0.2) is 52.3 Å². The van der Waals surface area contributed by atoms with Crippen LogP contribution in [0.1, 0.15) is 13.8 Å². The summed E-state index contributed by atoms with van der Waals surface area (Å²) in [4.78, 5) is 23.3. The molecule has 2 amide bonds. The number of carbonyl (C=O) groups excluding carboxylic acids is 2. The molecule has 8 nitrogen and oxygen atoms in total. The molecule has 0 aliphatic rings. The molecule has 0 radical (unpaired) electrons. The molecule has 0 aliphatic carbocycles.